The van der Waals surface area contributed by atoms with E-state index in [1.165, 1.54) is 0 Å². The van der Waals surface area contributed by atoms with E-state index in [0.717, 1.165) is 13.0 Å². The molecule has 1 saturated heterocycles. The highest BCUT2D eigenvalue weighted by Crippen LogP contribution is 2.24. The van der Waals surface area contributed by atoms with Gasteiger partial charge in [0.1, 0.15) is 12.5 Å². The van der Waals surface area contributed by atoms with E-state index in [9.17, 15) is 9.18 Å². The number of benzene rings is 1. The molecule has 1 aliphatic rings. The molecule has 2 rings (SSSR count). The summed E-state index contributed by atoms with van der Waals surface area (Å²) in [5, 5.41) is 15.3. The summed E-state index contributed by atoms with van der Waals surface area (Å²) in [5.74, 6) is 0. The number of urea groups is 1. The van der Waals surface area contributed by atoms with Crippen molar-refractivity contribution < 1.29 is 9.18 Å². The summed E-state index contributed by atoms with van der Waals surface area (Å²) >= 11 is 11.8. The lowest BCUT2D eigenvalue weighted by Gasteiger charge is -2.39. The van der Waals surface area contributed by atoms with Gasteiger partial charge in [0.25, 0.3) is 0 Å². The Morgan fingerprint density at radius 1 is 1.26 bits per heavy atom. The van der Waals surface area contributed by atoms with Crippen LogP contribution in [-0.2, 0) is 0 Å². The fourth-order valence-electron chi connectivity index (χ4n) is 2.74. The van der Waals surface area contributed by atoms with Gasteiger partial charge in [0.2, 0.25) is 0 Å². The zero-order chi connectivity index (χ0) is 20.0. The van der Waals surface area contributed by atoms with Gasteiger partial charge >= 0.3 is 6.03 Å². The number of anilines is 1. The first kappa shape index (κ1) is 22.1. The summed E-state index contributed by atoms with van der Waals surface area (Å²) in [6.07, 6.45) is -1.37. The maximum absolute atomic E-state index is 14.4. The lowest BCUT2D eigenvalue weighted by molar-refractivity contribution is 0.0943. The largest absolute Gasteiger partial charge is 0.321 e. The molecule has 4 unspecified atom stereocenters. The van der Waals surface area contributed by atoms with Crippen molar-refractivity contribution in [3.8, 4) is 0 Å². The van der Waals surface area contributed by atoms with Crippen LogP contribution >= 0.6 is 23.2 Å². The molecule has 27 heavy (non-hydrogen) atoms. The summed E-state index contributed by atoms with van der Waals surface area (Å²) in [4.78, 5) is 14.3. The van der Waals surface area contributed by atoms with Gasteiger partial charge in [-0.1, -0.05) is 23.2 Å². The number of amides is 2. The molecule has 1 aliphatic heterocycles. The highest BCUT2D eigenvalue weighted by Gasteiger charge is 2.35. The van der Waals surface area contributed by atoms with Crippen LogP contribution in [0.4, 0.5) is 14.9 Å². The Labute approximate surface area is 169 Å². The number of carbonyl (C=O) groups is 1. The zero-order valence-corrected chi connectivity index (χ0v) is 17.2. The molecular formula is C17H27Cl2FN6O. The molecule has 7 nitrogen and oxygen atoms in total. The van der Waals surface area contributed by atoms with Gasteiger partial charge in [-0.2, -0.15) is 0 Å². The van der Waals surface area contributed by atoms with Crippen LogP contribution in [0.1, 0.15) is 13.3 Å². The topological polar surface area (TPSA) is 80.5 Å². The Morgan fingerprint density at radius 2 is 2.00 bits per heavy atom. The summed E-state index contributed by atoms with van der Waals surface area (Å²) < 4.78 is 14.4. The highest BCUT2D eigenvalue weighted by molar-refractivity contribution is 6.42. The molecule has 1 aromatic rings. The Morgan fingerprint density at radius 3 is 2.67 bits per heavy atom. The molecule has 1 fully saturated rings. The summed E-state index contributed by atoms with van der Waals surface area (Å²) in [7, 11) is 3.99. The minimum absolute atomic E-state index is 0.347. The van der Waals surface area contributed by atoms with E-state index >= 15 is 0 Å². The van der Waals surface area contributed by atoms with Crippen LogP contribution in [0.15, 0.2) is 18.2 Å². The third-order valence-corrected chi connectivity index (χ3v) is 4.91. The number of nitrogens with one attached hydrogen (secondary N) is 5. The molecule has 5 N–H and O–H groups in total. The molecule has 0 radical (unpaired) electrons. The summed E-state index contributed by atoms with van der Waals surface area (Å²) in [6, 6.07) is 3.92. The molecule has 152 valence electrons. The van der Waals surface area contributed by atoms with Crippen LogP contribution in [0.5, 0.6) is 0 Å². The smallest absolute Gasteiger partial charge is 0.310 e. The lowest BCUT2D eigenvalue weighted by atomic mass is 10.1. The lowest BCUT2D eigenvalue weighted by Crippen LogP contribution is -2.72. The normalized spacial score (nSPS) is 25.4. The van der Waals surface area contributed by atoms with Gasteiger partial charge < -0.3 is 15.5 Å². The number of halogens is 3. The van der Waals surface area contributed by atoms with E-state index in [1.54, 1.807) is 25.1 Å². The molecule has 4 atom stereocenters. The SMILES string of the molecule is CC1NC(NC(=O)Nc2ccc(Cl)c(Cl)c2)NC(NCCCN(C)C)C1F. The third kappa shape index (κ3) is 7.06. The Bertz CT molecular complexity index is 635. The van der Waals surface area contributed by atoms with Gasteiger partial charge in [-0.25, -0.2) is 9.18 Å². The van der Waals surface area contributed by atoms with E-state index in [1.807, 2.05) is 14.1 Å². The zero-order valence-electron chi connectivity index (χ0n) is 15.7. The molecule has 0 bridgehead atoms. The van der Waals surface area contributed by atoms with E-state index in [0.29, 0.717) is 22.3 Å². The van der Waals surface area contributed by atoms with Crippen LogP contribution in [0, 0.1) is 0 Å². The Kier molecular flexibility index (Phi) is 8.53. The Balaban J connectivity index is 1.85. The number of alkyl halides is 1. The van der Waals surface area contributed by atoms with Crippen LogP contribution in [0.2, 0.25) is 10.0 Å². The third-order valence-electron chi connectivity index (χ3n) is 4.17. The van der Waals surface area contributed by atoms with Crippen LogP contribution in [0.25, 0.3) is 0 Å². The van der Waals surface area contributed by atoms with E-state index in [4.69, 9.17) is 23.2 Å². The standard InChI is InChI=1S/C17H27Cl2FN6O/c1-10-14(20)15(21-7-4-8-26(2)3)24-16(22-10)25-17(27)23-11-5-6-12(18)13(19)9-11/h5-6,9-10,14-16,21-22,24H,4,7-8H2,1-3H3,(H2,23,25,27). The first-order valence-electron chi connectivity index (χ1n) is 8.83. The average molecular weight is 421 g/mol. The van der Waals surface area contributed by atoms with E-state index in [-0.39, 0.29) is 0 Å². The first-order valence-corrected chi connectivity index (χ1v) is 9.58. The number of rotatable bonds is 7. The van der Waals surface area contributed by atoms with Crippen molar-refractivity contribution in [3.63, 3.8) is 0 Å². The molecule has 0 saturated carbocycles. The molecule has 10 heteroatoms. The predicted molar refractivity (Wildman–Crippen MR) is 108 cm³/mol. The number of hydrogen-bond acceptors (Lipinski definition) is 5. The minimum atomic E-state index is -1.12. The van der Waals surface area contributed by atoms with Crippen molar-refractivity contribution in [1.82, 2.24) is 26.2 Å². The van der Waals surface area contributed by atoms with Gasteiger partial charge in [-0.05, 0) is 58.7 Å². The second kappa shape index (κ2) is 10.4. The predicted octanol–water partition coefficient (Wildman–Crippen LogP) is 2.19. The second-order valence-corrected chi connectivity index (χ2v) is 7.63. The van der Waals surface area contributed by atoms with Crippen molar-refractivity contribution in [2.45, 2.75) is 38.0 Å². The van der Waals surface area contributed by atoms with E-state index < -0.39 is 30.7 Å². The van der Waals surface area contributed by atoms with Crippen molar-refractivity contribution in [2.24, 2.45) is 0 Å². The first-order chi connectivity index (χ1) is 12.8. The fraction of sp³-hybridized carbons (Fsp3) is 0.588. The van der Waals surface area contributed by atoms with Crippen molar-refractivity contribution >= 4 is 34.9 Å². The fourth-order valence-corrected chi connectivity index (χ4v) is 3.04. The van der Waals surface area contributed by atoms with Gasteiger partial charge in [-0.3, -0.25) is 16.0 Å². The van der Waals surface area contributed by atoms with Gasteiger partial charge in [-0.15, -0.1) is 0 Å². The van der Waals surface area contributed by atoms with Gasteiger partial charge in [0.05, 0.1) is 16.2 Å². The van der Waals surface area contributed by atoms with Gasteiger partial charge in [0, 0.05) is 11.7 Å². The van der Waals surface area contributed by atoms with Crippen molar-refractivity contribution in [3.05, 3.63) is 28.2 Å². The number of carbonyl (C=O) groups excluding carboxylic acids is 1. The minimum Gasteiger partial charge on any atom is -0.310 e. The molecule has 0 spiro atoms. The number of hydrogen-bond donors (Lipinski definition) is 5. The molecule has 0 aliphatic carbocycles. The molecular weight excluding hydrogens is 394 g/mol. The second-order valence-electron chi connectivity index (χ2n) is 6.82. The van der Waals surface area contributed by atoms with Crippen molar-refractivity contribution in [2.75, 3.05) is 32.5 Å². The molecule has 2 amide bonds. The van der Waals surface area contributed by atoms with Crippen LogP contribution in [-0.4, -0.2) is 62.8 Å². The summed E-state index contributed by atoms with van der Waals surface area (Å²) in [5.41, 5.74) is 0.507. The monoisotopic (exact) mass is 420 g/mol. The van der Waals surface area contributed by atoms with E-state index in [2.05, 4.69) is 31.5 Å². The van der Waals surface area contributed by atoms with Crippen molar-refractivity contribution in [1.29, 1.82) is 0 Å². The quantitative estimate of drug-likeness (QED) is 0.437. The molecule has 0 aromatic heterocycles. The molecule has 1 aromatic carbocycles. The maximum Gasteiger partial charge on any atom is 0.321 e. The summed E-state index contributed by atoms with van der Waals surface area (Å²) in [6.45, 7) is 3.33. The maximum atomic E-state index is 14.4. The van der Waals surface area contributed by atoms with Gasteiger partial charge in [0.15, 0.2) is 0 Å². The average Bonchev–Trinajstić information content (AvgIpc) is 2.58. The highest BCUT2D eigenvalue weighted by atomic mass is 35.5. The van der Waals surface area contributed by atoms with Crippen LogP contribution in [0.3, 0.4) is 0 Å². The molecule has 1 heterocycles. The Hall–Kier alpha value is -1.16. The van der Waals surface area contributed by atoms with Crippen LogP contribution < -0.4 is 26.6 Å². The number of nitrogens with zero attached hydrogens (tertiary/aromatic N) is 1.